The molecule has 0 radical (unpaired) electrons. The average Bonchev–Trinajstić information content (AvgIpc) is 3.44. The van der Waals surface area contributed by atoms with Crippen LogP contribution in [0.3, 0.4) is 0 Å². The average molecular weight is 1090 g/mol. The van der Waals surface area contributed by atoms with Crippen LogP contribution in [-0.4, -0.2) is 113 Å². The molecule has 0 aliphatic carbocycles. The van der Waals surface area contributed by atoms with Crippen LogP contribution in [0.15, 0.2) is 0 Å². The lowest BCUT2D eigenvalue weighted by atomic mass is 9.92. The summed E-state index contributed by atoms with van der Waals surface area (Å²) in [5, 5.41) is 9.35. The number of carbonyl (C=O) groups excluding carboxylic acids is 1. The second kappa shape index (κ2) is 61.3. The minimum atomic E-state index is -0.516. The van der Waals surface area contributed by atoms with Gasteiger partial charge in [-0.05, 0) is 32.2 Å². The number of hydrogen-bond donors (Lipinski definition) is 1. The van der Waals surface area contributed by atoms with E-state index in [4.69, 9.17) is 18.9 Å². The number of esters is 1. The Bertz CT molecular complexity index is 1040. The van der Waals surface area contributed by atoms with Crippen molar-refractivity contribution in [3.8, 4) is 0 Å². The molecular formula is C69H138N2O6. The second-order valence-corrected chi connectivity index (χ2v) is 24.7. The van der Waals surface area contributed by atoms with Crippen molar-refractivity contribution < 1.29 is 28.8 Å². The normalized spacial score (nSPS) is 13.6. The monoisotopic (exact) mass is 1090 g/mol. The molecule has 0 spiro atoms. The zero-order valence-corrected chi connectivity index (χ0v) is 52.6. The molecule has 1 aliphatic rings. The highest BCUT2D eigenvalue weighted by Crippen LogP contribution is 2.24. The molecule has 0 aromatic rings. The Morgan fingerprint density at radius 3 is 0.805 bits per heavy atom. The highest BCUT2D eigenvalue weighted by Gasteiger charge is 2.34. The van der Waals surface area contributed by atoms with E-state index >= 15 is 0 Å². The van der Waals surface area contributed by atoms with Crippen LogP contribution in [0.5, 0.6) is 0 Å². The number of carbonyl (C=O) groups is 1. The van der Waals surface area contributed by atoms with E-state index in [1.54, 1.807) is 0 Å². The molecule has 8 heteroatoms. The zero-order chi connectivity index (χ0) is 55.3. The molecule has 1 N–H and O–H groups in total. The van der Waals surface area contributed by atoms with Gasteiger partial charge in [0, 0.05) is 59.0 Å². The molecule has 8 nitrogen and oxygen atoms in total. The number of rotatable bonds is 65. The molecule has 0 amide bonds. The van der Waals surface area contributed by atoms with Gasteiger partial charge in [-0.1, -0.05) is 310 Å². The number of piperazine rings is 1. The predicted octanol–water partition coefficient (Wildman–Crippen LogP) is 19.7. The zero-order valence-electron chi connectivity index (χ0n) is 52.6. The summed E-state index contributed by atoms with van der Waals surface area (Å²) < 4.78 is 25.8. The van der Waals surface area contributed by atoms with Crippen LogP contribution in [0.25, 0.3) is 0 Å². The van der Waals surface area contributed by atoms with Crippen molar-refractivity contribution in [2.45, 2.75) is 342 Å². The van der Waals surface area contributed by atoms with Crippen LogP contribution in [0.1, 0.15) is 342 Å². The van der Waals surface area contributed by atoms with Gasteiger partial charge in [0.15, 0.2) is 0 Å². The first-order chi connectivity index (χ1) is 38.1. The van der Waals surface area contributed by atoms with Crippen LogP contribution in [0.4, 0.5) is 0 Å². The summed E-state index contributed by atoms with van der Waals surface area (Å²) in [7, 11) is 0. The molecule has 0 aromatic heterocycles. The summed E-state index contributed by atoms with van der Waals surface area (Å²) in [6, 6.07) is 0. The molecular weight excluding hydrogens is 953 g/mol. The molecule has 1 fully saturated rings. The van der Waals surface area contributed by atoms with Crippen molar-refractivity contribution in [1.82, 2.24) is 9.80 Å². The summed E-state index contributed by atoms with van der Waals surface area (Å²) in [5.41, 5.74) is -0.516. The quantitative estimate of drug-likeness (QED) is 0.0477. The predicted molar refractivity (Wildman–Crippen MR) is 334 cm³/mol. The van der Waals surface area contributed by atoms with E-state index < -0.39 is 5.41 Å². The first-order valence-corrected chi connectivity index (χ1v) is 35.0. The molecule has 1 heterocycles. The highest BCUT2D eigenvalue weighted by atomic mass is 16.5. The van der Waals surface area contributed by atoms with Crippen molar-refractivity contribution in [2.75, 3.05) is 92.1 Å². The van der Waals surface area contributed by atoms with Crippen molar-refractivity contribution in [1.29, 1.82) is 0 Å². The molecule has 1 saturated heterocycles. The van der Waals surface area contributed by atoms with E-state index in [9.17, 15) is 9.90 Å². The van der Waals surface area contributed by atoms with Gasteiger partial charge >= 0.3 is 5.97 Å². The maximum Gasteiger partial charge on any atom is 0.305 e. The molecule has 1 rings (SSSR count). The topological polar surface area (TPSA) is 80.7 Å². The number of aliphatic hydroxyl groups is 1. The smallest absolute Gasteiger partial charge is 0.305 e. The molecule has 0 aromatic carbocycles. The van der Waals surface area contributed by atoms with Gasteiger partial charge in [-0.25, -0.2) is 0 Å². The molecule has 460 valence electrons. The van der Waals surface area contributed by atoms with Crippen molar-refractivity contribution in [3.63, 3.8) is 0 Å². The van der Waals surface area contributed by atoms with E-state index in [1.807, 2.05) is 0 Å². The fourth-order valence-corrected chi connectivity index (χ4v) is 11.5. The third-order valence-corrected chi connectivity index (χ3v) is 16.9. The Hall–Kier alpha value is -0.770. The van der Waals surface area contributed by atoms with E-state index in [0.29, 0.717) is 26.2 Å². The summed E-state index contributed by atoms with van der Waals surface area (Å²) in [4.78, 5) is 18.2. The molecule has 0 saturated carbocycles. The number of β-amino-alcohol motifs (C(OH)–C–C–N with tert-alkyl or cyclic N) is 1. The largest absolute Gasteiger partial charge is 0.465 e. The maximum atomic E-state index is 13.4. The molecule has 0 bridgehead atoms. The maximum absolute atomic E-state index is 13.4. The van der Waals surface area contributed by atoms with Gasteiger partial charge in [0.1, 0.15) is 6.61 Å². The van der Waals surface area contributed by atoms with E-state index in [2.05, 4.69) is 30.6 Å². The molecule has 1 aliphatic heterocycles. The number of nitrogens with zero attached hydrogens (tertiary/aromatic N) is 2. The Kier molecular flexibility index (Phi) is 59.1. The van der Waals surface area contributed by atoms with Gasteiger partial charge in [-0.15, -0.1) is 0 Å². The number of unbranched alkanes of at least 4 members (excludes halogenated alkanes) is 45. The lowest BCUT2D eigenvalue weighted by molar-refractivity contribution is -0.156. The van der Waals surface area contributed by atoms with Gasteiger partial charge in [-0.2, -0.15) is 0 Å². The highest BCUT2D eigenvalue weighted by molar-refractivity contribution is 5.69. The standard InChI is InChI=1S/C69H138N2O6/c1-4-7-10-13-16-19-22-25-28-31-34-37-40-43-46-49-61-74-64-69(67-77-68(73)53-52-54-70-55-57-71(58-56-70)59-60-72,65-75-62-50-47-44-41-38-35-32-29-26-23-20-17-14-11-8-5-2)66-76-63-51-48-45-42-39-36-33-30-27-24-21-18-15-12-9-6-3/h72H,4-67H2,1-3H3. The van der Waals surface area contributed by atoms with Crippen LogP contribution < -0.4 is 0 Å². The van der Waals surface area contributed by atoms with Gasteiger partial charge in [-0.3, -0.25) is 9.69 Å². The first kappa shape index (κ1) is 74.2. The van der Waals surface area contributed by atoms with Crippen LogP contribution >= 0.6 is 0 Å². The SMILES string of the molecule is CCCCCCCCCCCCCCCCCCOCC(COCCCCCCCCCCCCCCCCCC)(COCCCCCCCCCCCCCCCCCC)COC(=O)CCCN1CCN(CCO)CC1. The fourth-order valence-electron chi connectivity index (χ4n) is 11.5. The lowest BCUT2D eigenvalue weighted by Crippen LogP contribution is -2.47. The van der Waals surface area contributed by atoms with Crippen LogP contribution in [0.2, 0.25) is 0 Å². The van der Waals surface area contributed by atoms with E-state index in [-0.39, 0.29) is 19.2 Å². The van der Waals surface area contributed by atoms with Gasteiger partial charge < -0.3 is 29.0 Å². The lowest BCUT2D eigenvalue weighted by Gasteiger charge is -2.34. The number of ether oxygens (including phenoxy) is 4. The molecule has 77 heavy (non-hydrogen) atoms. The Balaban J connectivity index is 2.62. The summed E-state index contributed by atoms with van der Waals surface area (Å²) in [5.74, 6) is -0.123. The summed E-state index contributed by atoms with van der Waals surface area (Å²) in [6.45, 7) is 16.7. The van der Waals surface area contributed by atoms with Crippen LogP contribution in [-0.2, 0) is 23.7 Å². The summed E-state index contributed by atoms with van der Waals surface area (Å²) >= 11 is 0. The Labute approximate surface area is 481 Å². The van der Waals surface area contributed by atoms with Gasteiger partial charge in [0.25, 0.3) is 0 Å². The minimum absolute atomic E-state index is 0.123. The van der Waals surface area contributed by atoms with Crippen molar-refractivity contribution in [2.24, 2.45) is 5.41 Å². The molecule has 0 unspecified atom stereocenters. The van der Waals surface area contributed by atoms with Gasteiger partial charge in [0.2, 0.25) is 0 Å². The van der Waals surface area contributed by atoms with Crippen molar-refractivity contribution in [3.05, 3.63) is 0 Å². The Morgan fingerprint density at radius 1 is 0.325 bits per heavy atom. The Morgan fingerprint density at radius 2 is 0.558 bits per heavy atom. The first-order valence-electron chi connectivity index (χ1n) is 35.0. The fraction of sp³-hybridized carbons (Fsp3) is 0.986. The third-order valence-electron chi connectivity index (χ3n) is 16.9. The van der Waals surface area contributed by atoms with Crippen LogP contribution in [0, 0.1) is 5.41 Å². The van der Waals surface area contributed by atoms with Gasteiger partial charge in [0.05, 0.1) is 31.8 Å². The van der Waals surface area contributed by atoms with Crippen molar-refractivity contribution >= 4 is 5.97 Å². The van der Waals surface area contributed by atoms with E-state index in [0.717, 1.165) is 84.8 Å². The van der Waals surface area contributed by atoms with E-state index in [1.165, 1.54) is 289 Å². The number of hydrogen-bond acceptors (Lipinski definition) is 8. The second-order valence-electron chi connectivity index (χ2n) is 24.7. The summed E-state index contributed by atoms with van der Waals surface area (Å²) in [6.07, 6.45) is 66.6. The third kappa shape index (κ3) is 53.0. The minimum Gasteiger partial charge on any atom is -0.465 e. The molecule has 0 atom stereocenters. The number of aliphatic hydroxyl groups excluding tert-OH is 1.